The fourth-order valence-electron chi connectivity index (χ4n) is 2.69. The molecule has 2 amide bonds. The molecule has 3 atom stereocenters. The van der Waals surface area contributed by atoms with Gasteiger partial charge in [-0.1, -0.05) is 24.3 Å². The van der Waals surface area contributed by atoms with Crippen molar-refractivity contribution in [2.24, 2.45) is 0 Å². The summed E-state index contributed by atoms with van der Waals surface area (Å²) in [5, 5.41) is 21.5. The predicted octanol–water partition coefficient (Wildman–Crippen LogP) is 1.29. The third-order valence-electron chi connectivity index (χ3n) is 3.82. The highest BCUT2D eigenvalue weighted by atomic mass is 16.4. The molecule has 1 aromatic rings. The van der Waals surface area contributed by atoms with Crippen molar-refractivity contribution in [1.29, 1.82) is 0 Å². The molecule has 21 heavy (non-hydrogen) atoms. The van der Waals surface area contributed by atoms with Gasteiger partial charge < -0.3 is 20.4 Å². The number of carbonyl (C=O) groups is 2. The Labute approximate surface area is 123 Å². The first-order valence-corrected chi connectivity index (χ1v) is 6.93. The van der Waals surface area contributed by atoms with Crippen LogP contribution in [0.1, 0.15) is 30.5 Å². The van der Waals surface area contributed by atoms with Gasteiger partial charge in [0.2, 0.25) is 0 Å². The molecule has 0 radical (unpaired) electrons. The number of aryl methyl sites for hydroxylation is 1. The molecule has 0 saturated carbocycles. The maximum Gasteiger partial charge on any atom is 0.326 e. The fourth-order valence-corrected chi connectivity index (χ4v) is 2.69. The summed E-state index contributed by atoms with van der Waals surface area (Å²) in [5.74, 6) is -1.09. The molecule has 3 N–H and O–H groups in total. The molecule has 6 nitrogen and oxygen atoms in total. The second-order valence-corrected chi connectivity index (χ2v) is 5.42. The van der Waals surface area contributed by atoms with E-state index in [-0.39, 0.29) is 19.0 Å². The number of rotatable bonds is 3. The zero-order valence-corrected chi connectivity index (χ0v) is 12.1. The SMILES string of the molecule is Cc1ccccc1C(C)NC(=O)N1C[C@H](O)C[C@H]1C(=O)O. The summed E-state index contributed by atoms with van der Waals surface area (Å²) in [6.07, 6.45) is -0.716. The Balaban J connectivity index is 2.07. The lowest BCUT2D eigenvalue weighted by atomic mass is 10.0. The summed E-state index contributed by atoms with van der Waals surface area (Å²) in [6.45, 7) is 3.85. The highest BCUT2D eigenvalue weighted by Gasteiger charge is 2.39. The third kappa shape index (κ3) is 3.33. The molecule has 1 unspecified atom stereocenters. The lowest BCUT2D eigenvalue weighted by Gasteiger charge is -2.25. The Morgan fingerprint density at radius 3 is 2.67 bits per heavy atom. The normalized spacial score (nSPS) is 22.9. The maximum atomic E-state index is 12.2. The van der Waals surface area contributed by atoms with Gasteiger partial charge in [0.25, 0.3) is 0 Å². The molecule has 1 aliphatic rings. The van der Waals surface area contributed by atoms with Crippen molar-refractivity contribution in [3.63, 3.8) is 0 Å². The van der Waals surface area contributed by atoms with E-state index in [1.807, 2.05) is 38.1 Å². The van der Waals surface area contributed by atoms with Gasteiger partial charge >= 0.3 is 12.0 Å². The van der Waals surface area contributed by atoms with Gasteiger partial charge in [0.05, 0.1) is 12.1 Å². The number of benzene rings is 1. The van der Waals surface area contributed by atoms with Crippen LogP contribution in [-0.2, 0) is 4.79 Å². The molecule has 1 saturated heterocycles. The number of carboxylic acid groups (broad SMARTS) is 1. The summed E-state index contributed by atoms with van der Waals surface area (Å²) >= 11 is 0. The zero-order valence-electron chi connectivity index (χ0n) is 12.1. The number of hydrogen-bond acceptors (Lipinski definition) is 3. The molecule has 1 fully saturated rings. The van der Waals surface area contributed by atoms with Crippen molar-refractivity contribution in [2.75, 3.05) is 6.54 Å². The van der Waals surface area contributed by atoms with E-state index in [0.29, 0.717) is 0 Å². The predicted molar refractivity (Wildman–Crippen MR) is 76.9 cm³/mol. The second kappa shape index (κ2) is 6.13. The van der Waals surface area contributed by atoms with Crippen molar-refractivity contribution in [1.82, 2.24) is 10.2 Å². The molecule has 0 aliphatic carbocycles. The molecule has 1 heterocycles. The first kappa shape index (κ1) is 15.3. The molecular weight excluding hydrogens is 272 g/mol. The Bertz CT molecular complexity index is 546. The number of nitrogens with zero attached hydrogens (tertiary/aromatic N) is 1. The van der Waals surface area contributed by atoms with Crippen molar-refractivity contribution >= 4 is 12.0 Å². The van der Waals surface area contributed by atoms with Gasteiger partial charge in [-0.05, 0) is 25.0 Å². The summed E-state index contributed by atoms with van der Waals surface area (Å²) in [6, 6.07) is 6.03. The number of urea groups is 1. The van der Waals surface area contributed by atoms with Gasteiger partial charge in [0, 0.05) is 13.0 Å². The number of amides is 2. The highest BCUT2D eigenvalue weighted by molar-refractivity contribution is 5.83. The number of aliphatic carboxylic acids is 1. The van der Waals surface area contributed by atoms with E-state index in [1.165, 1.54) is 4.90 Å². The number of β-amino-alcohol motifs (C(OH)–C–C–N with tert-alkyl or cyclic N) is 1. The van der Waals surface area contributed by atoms with E-state index >= 15 is 0 Å². The minimum absolute atomic E-state index is 0.0449. The number of likely N-dealkylation sites (tertiary alicyclic amines) is 1. The molecule has 1 aromatic carbocycles. The smallest absolute Gasteiger partial charge is 0.326 e. The topological polar surface area (TPSA) is 89.9 Å². The van der Waals surface area contributed by atoms with Crippen LogP contribution >= 0.6 is 0 Å². The zero-order chi connectivity index (χ0) is 15.6. The van der Waals surface area contributed by atoms with Crippen LogP contribution in [0.25, 0.3) is 0 Å². The van der Waals surface area contributed by atoms with Crippen LogP contribution in [-0.4, -0.2) is 45.8 Å². The Hall–Kier alpha value is -2.08. The monoisotopic (exact) mass is 292 g/mol. The van der Waals surface area contributed by atoms with Crippen LogP contribution in [0, 0.1) is 6.92 Å². The first-order chi connectivity index (χ1) is 9.90. The van der Waals surface area contributed by atoms with Crippen molar-refractivity contribution in [3.05, 3.63) is 35.4 Å². The number of aliphatic hydroxyl groups is 1. The van der Waals surface area contributed by atoms with Gasteiger partial charge in [-0.15, -0.1) is 0 Å². The average Bonchev–Trinajstić information content (AvgIpc) is 2.81. The van der Waals surface area contributed by atoms with Crippen molar-refractivity contribution < 1.29 is 19.8 Å². The van der Waals surface area contributed by atoms with Gasteiger partial charge in [-0.2, -0.15) is 0 Å². The summed E-state index contributed by atoms with van der Waals surface area (Å²) in [7, 11) is 0. The van der Waals surface area contributed by atoms with Crippen LogP contribution in [0.2, 0.25) is 0 Å². The first-order valence-electron chi connectivity index (χ1n) is 6.93. The van der Waals surface area contributed by atoms with E-state index in [9.17, 15) is 14.7 Å². The number of nitrogens with one attached hydrogen (secondary N) is 1. The van der Waals surface area contributed by atoms with Gasteiger partial charge in [0.1, 0.15) is 6.04 Å². The standard InChI is InChI=1S/C15H20N2O4/c1-9-5-3-4-6-12(9)10(2)16-15(21)17-8-11(18)7-13(17)14(19)20/h3-6,10-11,13,18H,7-8H2,1-2H3,(H,16,21)(H,19,20)/t10?,11-,13+/m1/s1. The number of carbonyl (C=O) groups excluding carboxylic acids is 1. The minimum atomic E-state index is -1.09. The lowest BCUT2D eigenvalue weighted by molar-refractivity contribution is -0.141. The maximum absolute atomic E-state index is 12.2. The largest absolute Gasteiger partial charge is 0.480 e. The lowest BCUT2D eigenvalue weighted by Crippen LogP contribution is -2.46. The van der Waals surface area contributed by atoms with Crippen molar-refractivity contribution in [2.45, 2.75) is 38.5 Å². The van der Waals surface area contributed by atoms with E-state index in [4.69, 9.17) is 5.11 Å². The van der Waals surface area contributed by atoms with E-state index < -0.39 is 24.1 Å². The Morgan fingerprint density at radius 1 is 1.38 bits per heavy atom. The molecule has 2 rings (SSSR count). The Morgan fingerprint density at radius 2 is 2.05 bits per heavy atom. The summed E-state index contributed by atoms with van der Waals surface area (Å²) < 4.78 is 0. The van der Waals surface area contributed by atoms with Crippen molar-refractivity contribution in [3.8, 4) is 0 Å². The van der Waals surface area contributed by atoms with Crippen LogP contribution < -0.4 is 5.32 Å². The minimum Gasteiger partial charge on any atom is -0.480 e. The molecule has 0 spiro atoms. The third-order valence-corrected chi connectivity index (χ3v) is 3.82. The van der Waals surface area contributed by atoms with Gasteiger partial charge in [0.15, 0.2) is 0 Å². The highest BCUT2D eigenvalue weighted by Crippen LogP contribution is 2.21. The summed E-state index contributed by atoms with van der Waals surface area (Å²) in [5.41, 5.74) is 2.04. The molecule has 0 bridgehead atoms. The fraction of sp³-hybridized carbons (Fsp3) is 0.467. The number of aliphatic hydroxyl groups excluding tert-OH is 1. The molecule has 0 aromatic heterocycles. The Kier molecular flexibility index (Phi) is 4.47. The second-order valence-electron chi connectivity index (χ2n) is 5.42. The van der Waals surface area contributed by atoms with E-state index in [2.05, 4.69) is 5.32 Å². The molecule has 114 valence electrons. The molecule has 6 heteroatoms. The summed E-state index contributed by atoms with van der Waals surface area (Å²) in [4.78, 5) is 24.6. The molecule has 1 aliphatic heterocycles. The number of carboxylic acids is 1. The average molecular weight is 292 g/mol. The van der Waals surface area contributed by atoms with Gasteiger partial charge in [-0.3, -0.25) is 0 Å². The quantitative estimate of drug-likeness (QED) is 0.783. The molecular formula is C15H20N2O4. The van der Waals surface area contributed by atoms with E-state index in [0.717, 1.165) is 11.1 Å². The van der Waals surface area contributed by atoms with Crippen LogP contribution in [0.3, 0.4) is 0 Å². The number of hydrogen-bond donors (Lipinski definition) is 3. The van der Waals surface area contributed by atoms with Gasteiger partial charge in [-0.25, -0.2) is 9.59 Å². The van der Waals surface area contributed by atoms with E-state index in [1.54, 1.807) is 0 Å². The van der Waals surface area contributed by atoms with Crippen LogP contribution in [0.5, 0.6) is 0 Å². The van der Waals surface area contributed by atoms with Crippen LogP contribution in [0.15, 0.2) is 24.3 Å². The van der Waals surface area contributed by atoms with Crippen LogP contribution in [0.4, 0.5) is 4.79 Å².